The van der Waals surface area contributed by atoms with Gasteiger partial charge in [0.1, 0.15) is 10.7 Å². The van der Waals surface area contributed by atoms with E-state index >= 15 is 0 Å². The van der Waals surface area contributed by atoms with Gasteiger partial charge >= 0.3 is 0 Å². The Balaban J connectivity index is 1.91. The van der Waals surface area contributed by atoms with Crippen molar-refractivity contribution in [3.8, 4) is 0 Å². The summed E-state index contributed by atoms with van der Waals surface area (Å²) in [5, 5.41) is 2.60. The predicted molar refractivity (Wildman–Crippen MR) is 83.7 cm³/mol. The number of nitrogen functional groups attached to an aromatic ring is 1. The van der Waals surface area contributed by atoms with Crippen molar-refractivity contribution in [2.45, 2.75) is 19.4 Å². The Bertz CT molecular complexity index is 669. The van der Waals surface area contributed by atoms with Crippen molar-refractivity contribution in [2.75, 3.05) is 24.3 Å². The fourth-order valence-electron chi connectivity index (χ4n) is 2.60. The van der Waals surface area contributed by atoms with Crippen molar-refractivity contribution in [2.24, 2.45) is 0 Å². The maximum atomic E-state index is 12.7. The Morgan fingerprint density at radius 3 is 3.19 bits per heavy atom. The van der Waals surface area contributed by atoms with Gasteiger partial charge in [0.25, 0.3) is 5.91 Å². The fraction of sp³-hybridized carbons (Fsp3) is 0.333. The summed E-state index contributed by atoms with van der Waals surface area (Å²) < 4.78 is 5.04. The molecule has 2 heterocycles. The second kappa shape index (κ2) is 5.83. The molecule has 1 amide bonds. The summed E-state index contributed by atoms with van der Waals surface area (Å²) in [6, 6.07) is 5.72. The van der Waals surface area contributed by atoms with Gasteiger partial charge in [-0.05, 0) is 30.5 Å². The van der Waals surface area contributed by atoms with Crippen molar-refractivity contribution in [1.82, 2.24) is 4.98 Å². The number of thiazole rings is 1. The van der Waals surface area contributed by atoms with E-state index in [-0.39, 0.29) is 5.91 Å². The van der Waals surface area contributed by atoms with Gasteiger partial charge in [-0.15, -0.1) is 11.3 Å². The number of anilines is 2. The Hall–Kier alpha value is -1.92. The van der Waals surface area contributed by atoms with E-state index in [4.69, 9.17) is 10.5 Å². The first-order chi connectivity index (χ1) is 10.2. The number of benzene rings is 1. The molecule has 2 N–H and O–H groups in total. The molecule has 0 fully saturated rings. The van der Waals surface area contributed by atoms with Crippen LogP contribution in [0.25, 0.3) is 0 Å². The lowest BCUT2D eigenvalue weighted by Gasteiger charge is -2.29. The van der Waals surface area contributed by atoms with Crippen LogP contribution in [0.2, 0.25) is 0 Å². The van der Waals surface area contributed by atoms with Gasteiger partial charge in [-0.3, -0.25) is 4.79 Å². The van der Waals surface area contributed by atoms with Gasteiger partial charge in [-0.2, -0.15) is 0 Å². The van der Waals surface area contributed by atoms with Crippen molar-refractivity contribution < 1.29 is 9.53 Å². The highest BCUT2D eigenvalue weighted by Crippen LogP contribution is 2.32. The third-order valence-corrected chi connectivity index (χ3v) is 4.39. The summed E-state index contributed by atoms with van der Waals surface area (Å²) in [4.78, 5) is 18.8. The molecule has 110 valence electrons. The molecule has 0 saturated heterocycles. The summed E-state index contributed by atoms with van der Waals surface area (Å²) in [6.07, 6.45) is 1.83. The standard InChI is InChI=1S/C15H17N3O2S/c1-20-8-14-17-12(9-21-14)15(19)18-7-3-4-10-11(16)5-2-6-13(10)18/h2,5-6,9H,3-4,7-8,16H2,1H3. The highest BCUT2D eigenvalue weighted by molar-refractivity contribution is 7.09. The predicted octanol–water partition coefficient (Wildman–Crippen LogP) is 2.46. The Labute approximate surface area is 127 Å². The minimum absolute atomic E-state index is 0.0693. The van der Waals surface area contributed by atoms with E-state index in [0.717, 1.165) is 34.8 Å². The molecule has 0 saturated carbocycles. The van der Waals surface area contributed by atoms with Crippen molar-refractivity contribution in [1.29, 1.82) is 0 Å². The monoisotopic (exact) mass is 303 g/mol. The minimum atomic E-state index is -0.0693. The van der Waals surface area contributed by atoms with E-state index in [1.165, 1.54) is 11.3 Å². The molecule has 0 spiro atoms. The molecule has 1 aromatic heterocycles. The number of rotatable bonds is 3. The molecule has 0 unspecified atom stereocenters. The van der Waals surface area contributed by atoms with Crippen LogP contribution in [0.4, 0.5) is 11.4 Å². The average molecular weight is 303 g/mol. The summed E-state index contributed by atoms with van der Waals surface area (Å²) in [5.41, 5.74) is 9.21. The molecule has 5 nitrogen and oxygen atoms in total. The zero-order chi connectivity index (χ0) is 14.8. The summed E-state index contributed by atoms with van der Waals surface area (Å²) in [6.45, 7) is 1.13. The third-order valence-electron chi connectivity index (χ3n) is 3.57. The quantitative estimate of drug-likeness (QED) is 0.884. The maximum Gasteiger partial charge on any atom is 0.277 e. The first-order valence-corrected chi connectivity index (χ1v) is 7.71. The normalized spacial score (nSPS) is 14.0. The molecule has 1 aliphatic heterocycles. The smallest absolute Gasteiger partial charge is 0.277 e. The third kappa shape index (κ3) is 2.64. The number of nitrogens with zero attached hydrogens (tertiary/aromatic N) is 2. The number of amides is 1. The van der Waals surface area contributed by atoms with Gasteiger partial charge in [-0.25, -0.2) is 4.98 Å². The van der Waals surface area contributed by atoms with Crippen molar-refractivity contribution in [3.63, 3.8) is 0 Å². The number of hydrogen-bond donors (Lipinski definition) is 1. The lowest BCUT2D eigenvalue weighted by Crippen LogP contribution is -2.36. The van der Waals surface area contributed by atoms with E-state index in [0.29, 0.717) is 18.8 Å². The molecule has 21 heavy (non-hydrogen) atoms. The maximum absolute atomic E-state index is 12.7. The second-order valence-electron chi connectivity index (χ2n) is 4.96. The van der Waals surface area contributed by atoms with Gasteiger partial charge in [0, 0.05) is 30.4 Å². The second-order valence-corrected chi connectivity index (χ2v) is 5.91. The number of fused-ring (bicyclic) bond motifs is 1. The van der Waals surface area contributed by atoms with E-state index in [1.54, 1.807) is 17.4 Å². The minimum Gasteiger partial charge on any atom is -0.398 e. The van der Waals surface area contributed by atoms with Crippen LogP contribution in [-0.4, -0.2) is 24.5 Å². The number of carbonyl (C=O) groups excluding carboxylic acids is 1. The summed E-state index contributed by atoms with van der Waals surface area (Å²) >= 11 is 1.44. The first kappa shape index (κ1) is 14.0. The molecule has 3 rings (SSSR count). The molecular formula is C15H17N3O2S. The van der Waals surface area contributed by atoms with E-state index < -0.39 is 0 Å². The topological polar surface area (TPSA) is 68.5 Å². The van der Waals surface area contributed by atoms with Gasteiger partial charge < -0.3 is 15.4 Å². The van der Waals surface area contributed by atoms with Crippen LogP contribution in [0.3, 0.4) is 0 Å². The first-order valence-electron chi connectivity index (χ1n) is 6.83. The van der Waals surface area contributed by atoms with Crippen molar-refractivity contribution >= 4 is 28.6 Å². The molecular weight excluding hydrogens is 286 g/mol. The van der Waals surface area contributed by atoms with Crippen LogP contribution in [-0.2, 0) is 17.8 Å². The largest absolute Gasteiger partial charge is 0.398 e. The van der Waals surface area contributed by atoms with E-state index in [2.05, 4.69) is 4.98 Å². The molecule has 0 bridgehead atoms. The SMILES string of the molecule is COCc1nc(C(=O)N2CCCc3c(N)cccc32)cs1. The molecule has 0 atom stereocenters. The fourth-order valence-corrected chi connectivity index (χ4v) is 3.34. The molecule has 2 aromatic rings. The summed E-state index contributed by atoms with van der Waals surface area (Å²) in [5.74, 6) is -0.0693. The van der Waals surface area contributed by atoms with Crippen LogP contribution in [0.15, 0.2) is 23.6 Å². The molecule has 0 aliphatic carbocycles. The van der Waals surface area contributed by atoms with E-state index in [1.807, 2.05) is 18.2 Å². The van der Waals surface area contributed by atoms with Crippen LogP contribution in [0.5, 0.6) is 0 Å². The average Bonchev–Trinajstić information content (AvgIpc) is 2.96. The Morgan fingerprint density at radius 1 is 1.52 bits per heavy atom. The van der Waals surface area contributed by atoms with E-state index in [9.17, 15) is 4.79 Å². The lowest BCUT2D eigenvalue weighted by atomic mass is 9.99. The van der Waals surface area contributed by atoms with Gasteiger partial charge in [0.2, 0.25) is 0 Å². The number of methoxy groups -OCH3 is 1. The van der Waals surface area contributed by atoms with Gasteiger partial charge in [-0.1, -0.05) is 6.07 Å². The van der Waals surface area contributed by atoms with Gasteiger partial charge in [0.05, 0.1) is 6.61 Å². The highest BCUT2D eigenvalue weighted by atomic mass is 32.1. The number of hydrogen-bond acceptors (Lipinski definition) is 5. The zero-order valence-corrected chi connectivity index (χ0v) is 12.7. The van der Waals surface area contributed by atoms with Crippen molar-refractivity contribution in [3.05, 3.63) is 39.8 Å². The molecule has 1 aliphatic rings. The molecule has 0 radical (unpaired) electrons. The number of carbonyl (C=O) groups is 1. The van der Waals surface area contributed by atoms with Gasteiger partial charge in [0.15, 0.2) is 0 Å². The van der Waals surface area contributed by atoms with Crippen LogP contribution >= 0.6 is 11.3 Å². The summed E-state index contributed by atoms with van der Waals surface area (Å²) in [7, 11) is 1.62. The van der Waals surface area contributed by atoms with Crippen LogP contribution in [0.1, 0.15) is 27.5 Å². The Kier molecular flexibility index (Phi) is 3.90. The van der Waals surface area contributed by atoms with Crippen LogP contribution < -0.4 is 10.6 Å². The number of ether oxygens (including phenoxy) is 1. The lowest BCUT2D eigenvalue weighted by molar-refractivity contribution is 0.0980. The van der Waals surface area contributed by atoms with Crippen LogP contribution in [0, 0.1) is 0 Å². The highest BCUT2D eigenvalue weighted by Gasteiger charge is 2.26. The number of aromatic nitrogens is 1. The number of nitrogens with two attached hydrogens (primary N) is 1. The Morgan fingerprint density at radius 2 is 2.38 bits per heavy atom. The molecule has 6 heteroatoms. The zero-order valence-electron chi connectivity index (χ0n) is 11.8. The molecule has 1 aromatic carbocycles.